The summed E-state index contributed by atoms with van der Waals surface area (Å²) in [7, 11) is 0. The number of carbonyl (C=O) groups is 1. The molecule has 1 rings (SSSR count). The molecule has 0 saturated heterocycles. The molecule has 0 aliphatic carbocycles. The number of rotatable bonds is 10. The summed E-state index contributed by atoms with van der Waals surface area (Å²) in [6.07, 6.45) is 2.16. The van der Waals surface area contributed by atoms with Gasteiger partial charge in [-0.25, -0.2) is 0 Å². The summed E-state index contributed by atoms with van der Waals surface area (Å²) in [5.74, 6) is 1.28. The van der Waals surface area contributed by atoms with Gasteiger partial charge < -0.3 is 10.6 Å². The van der Waals surface area contributed by atoms with Crippen LogP contribution < -0.4 is 10.6 Å². The molecule has 0 spiro atoms. The standard InChI is InChI=1S/C17H28N2OS/c1-4-5-9-19-17(20)13-21-16-8-6-7-15(10-16)12-18-11-14(2)3/h6-8,10,14,18H,4-5,9,11-13H2,1-3H3,(H,19,20). The third-order valence-corrected chi connectivity index (χ3v) is 4.00. The molecule has 21 heavy (non-hydrogen) atoms. The summed E-state index contributed by atoms with van der Waals surface area (Å²) in [6, 6.07) is 8.41. The van der Waals surface area contributed by atoms with Gasteiger partial charge in [0.05, 0.1) is 5.75 Å². The molecule has 0 heterocycles. The van der Waals surface area contributed by atoms with E-state index >= 15 is 0 Å². The average molecular weight is 308 g/mol. The van der Waals surface area contributed by atoms with E-state index in [4.69, 9.17) is 0 Å². The molecular formula is C17H28N2OS. The molecule has 118 valence electrons. The van der Waals surface area contributed by atoms with E-state index in [1.54, 1.807) is 11.8 Å². The van der Waals surface area contributed by atoms with Crippen LogP contribution >= 0.6 is 11.8 Å². The predicted octanol–water partition coefficient (Wildman–Crippen LogP) is 3.44. The van der Waals surface area contributed by atoms with Gasteiger partial charge in [-0.15, -0.1) is 11.8 Å². The molecule has 3 nitrogen and oxygen atoms in total. The van der Waals surface area contributed by atoms with E-state index in [2.05, 4.69) is 55.7 Å². The van der Waals surface area contributed by atoms with Crippen molar-refractivity contribution in [3.63, 3.8) is 0 Å². The maximum atomic E-state index is 11.7. The molecule has 0 aliphatic heterocycles. The number of hydrogen-bond donors (Lipinski definition) is 2. The highest BCUT2D eigenvalue weighted by Crippen LogP contribution is 2.18. The quantitative estimate of drug-likeness (QED) is 0.514. The second kappa shape index (κ2) is 10.7. The highest BCUT2D eigenvalue weighted by Gasteiger charge is 2.03. The number of benzene rings is 1. The predicted molar refractivity (Wildman–Crippen MR) is 91.6 cm³/mol. The fourth-order valence-electron chi connectivity index (χ4n) is 1.85. The Kier molecular flexibility index (Phi) is 9.19. The molecule has 0 bridgehead atoms. The van der Waals surface area contributed by atoms with E-state index < -0.39 is 0 Å². The minimum absolute atomic E-state index is 0.122. The van der Waals surface area contributed by atoms with Crippen LogP contribution in [-0.4, -0.2) is 24.7 Å². The van der Waals surface area contributed by atoms with Crippen molar-refractivity contribution in [2.45, 2.75) is 45.1 Å². The SMILES string of the molecule is CCCCNC(=O)CSc1cccc(CNCC(C)C)c1. The first kappa shape index (κ1) is 18.1. The van der Waals surface area contributed by atoms with Crippen LogP contribution in [0.1, 0.15) is 39.2 Å². The van der Waals surface area contributed by atoms with Crippen LogP contribution in [0.25, 0.3) is 0 Å². The topological polar surface area (TPSA) is 41.1 Å². The molecule has 0 fully saturated rings. The monoisotopic (exact) mass is 308 g/mol. The highest BCUT2D eigenvalue weighted by molar-refractivity contribution is 8.00. The smallest absolute Gasteiger partial charge is 0.230 e. The van der Waals surface area contributed by atoms with Crippen molar-refractivity contribution in [2.75, 3.05) is 18.8 Å². The van der Waals surface area contributed by atoms with E-state index in [9.17, 15) is 4.79 Å². The molecular weight excluding hydrogens is 280 g/mol. The summed E-state index contributed by atoms with van der Waals surface area (Å²) < 4.78 is 0. The maximum absolute atomic E-state index is 11.7. The lowest BCUT2D eigenvalue weighted by Crippen LogP contribution is -2.25. The van der Waals surface area contributed by atoms with Gasteiger partial charge in [-0.05, 0) is 36.6 Å². The van der Waals surface area contributed by atoms with Gasteiger partial charge in [0, 0.05) is 18.0 Å². The molecule has 0 atom stereocenters. The van der Waals surface area contributed by atoms with Crippen LogP contribution in [0, 0.1) is 5.92 Å². The van der Waals surface area contributed by atoms with E-state index in [1.165, 1.54) is 5.56 Å². The lowest BCUT2D eigenvalue weighted by atomic mass is 10.2. The number of thioether (sulfide) groups is 1. The third kappa shape index (κ3) is 8.79. The van der Waals surface area contributed by atoms with Gasteiger partial charge in [-0.3, -0.25) is 4.79 Å². The Morgan fingerprint density at radius 1 is 1.33 bits per heavy atom. The normalized spacial score (nSPS) is 10.9. The second-order valence-corrected chi connectivity index (χ2v) is 6.71. The first-order chi connectivity index (χ1) is 10.1. The molecule has 1 amide bonds. The van der Waals surface area contributed by atoms with Gasteiger partial charge in [0.2, 0.25) is 5.91 Å². The molecule has 1 aromatic carbocycles. The zero-order chi connectivity index (χ0) is 15.5. The van der Waals surface area contributed by atoms with Crippen molar-refractivity contribution in [3.8, 4) is 0 Å². The van der Waals surface area contributed by atoms with E-state index in [0.29, 0.717) is 11.7 Å². The van der Waals surface area contributed by atoms with Gasteiger partial charge in [-0.1, -0.05) is 39.3 Å². The summed E-state index contributed by atoms with van der Waals surface area (Å²) in [5.41, 5.74) is 1.27. The molecule has 0 unspecified atom stereocenters. The average Bonchev–Trinajstić information content (AvgIpc) is 2.45. The summed E-state index contributed by atoms with van der Waals surface area (Å²) in [4.78, 5) is 12.8. The number of carbonyl (C=O) groups excluding carboxylic acids is 1. The molecule has 4 heteroatoms. The molecule has 1 aromatic rings. The van der Waals surface area contributed by atoms with Crippen molar-refractivity contribution >= 4 is 17.7 Å². The minimum atomic E-state index is 0.122. The maximum Gasteiger partial charge on any atom is 0.230 e. The van der Waals surface area contributed by atoms with Crippen LogP contribution in [-0.2, 0) is 11.3 Å². The Balaban J connectivity index is 2.33. The van der Waals surface area contributed by atoms with Crippen LogP contribution in [0.15, 0.2) is 29.2 Å². The van der Waals surface area contributed by atoms with Crippen LogP contribution in [0.3, 0.4) is 0 Å². The molecule has 0 radical (unpaired) electrons. The zero-order valence-corrected chi connectivity index (χ0v) is 14.3. The van der Waals surface area contributed by atoms with Gasteiger partial charge in [0.15, 0.2) is 0 Å². The molecule has 0 aromatic heterocycles. The lowest BCUT2D eigenvalue weighted by molar-refractivity contribution is -0.118. The van der Waals surface area contributed by atoms with Crippen molar-refractivity contribution < 1.29 is 4.79 Å². The molecule has 0 aliphatic rings. The third-order valence-electron chi connectivity index (χ3n) is 3.00. The number of hydrogen-bond acceptors (Lipinski definition) is 3. The zero-order valence-electron chi connectivity index (χ0n) is 13.4. The Hall–Kier alpha value is -1.00. The second-order valence-electron chi connectivity index (χ2n) is 5.66. The van der Waals surface area contributed by atoms with Gasteiger partial charge >= 0.3 is 0 Å². The Labute approximate surface area is 133 Å². The van der Waals surface area contributed by atoms with Crippen molar-refractivity contribution in [1.29, 1.82) is 0 Å². The fourth-order valence-corrected chi connectivity index (χ4v) is 2.66. The van der Waals surface area contributed by atoms with E-state index in [1.807, 2.05) is 0 Å². The van der Waals surface area contributed by atoms with Gasteiger partial charge in [0.25, 0.3) is 0 Å². The lowest BCUT2D eigenvalue weighted by Gasteiger charge is -2.09. The van der Waals surface area contributed by atoms with Gasteiger partial charge in [0.1, 0.15) is 0 Å². The fraction of sp³-hybridized carbons (Fsp3) is 0.588. The summed E-state index contributed by atoms with van der Waals surface area (Å²) in [6.45, 7) is 9.23. The number of unbranched alkanes of at least 4 members (excludes halogenated alkanes) is 1. The van der Waals surface area contributed by atoms with E-state index in [-0.39, 0.29) is 5.91 Å². The van der Waals surface area contributed by atoms with Gasteiger partial charge in [-0.2, -0.15) is 0 Å². The first-order valence-electron chi connectivity index (χ1n) is 7.81. The van der Waals surface area contributed by atoms with E-state index in [0.717, 1.165) is 37.4 Å². The van der Waals surface area contributed by atoms with Crippen molar-refractivity contribution in [3.05, 3.63) is 29.8 Å². The Morgan fingerprint density at radius 3 is 2.86 bits per heavy atom. The van der Waals surface area contributed by atoms with Crippen LogP contribution in [0.5, 0.6) is 0 Å². The van der Waals surface area contributed by atoms with Crippen molar-refractivity contribution in [2.24, 2.45) is 5.92 Å². The summed E-state index contributed by atoms with van der Waals surface area (Å²) in [5, 5.41) is 6.38. The molecule has 2 N–H and O–H groups in total. The Bertz CT molecular complexity index is 421. The number of nitrogens with one attached hydrogen (secondary N) is 2. The molecule has 0 saturated carbocycles. The Morgan fingerprint density at radius 2 is 2.14 bits per heavy atom. The van der Waals surface area contributed by atoms with Crippen molar-refractivity contribution in [1.82, 2.24) is 10.6 Å². The first-order valence-corrected chi connectivity index (χ1v) is 8.79. The minimum Gasteiger partial charge on any atom is -0.355 e. The summed E-state index contributed by atoms with van der Waals surface area (Å²) >= 11 is 1.60. The van der Waals surface area contributed by atoms with Crippen LogP contribution in [0.2, 0.25) is 0 Å². The van der Waals surface area contributed by atoms with Crippen LogP contribution in [0.4, 0.5) is 0 Å². The largest absolute Gasteiger partial charge is 0.355 e. The number of amides is 1. The highest BCUT2D eigenvalue weighted by atomic mass is 32.2.